The summed E-state index contributed by atoms with van der Waals surface area (Å²) in [5, 5.41) is 3.24. The van der Waals surface area contributed by atoms with Gasteiger partial charge in [0.2, 0.25) is 5.91 Å². The van der Waals surface area contributed by atoms with Crippen LogP contribution in [-0.4, -0.2) is 21.1 Å². The Morgan fingerprint density at radius 1 is 1.19 bits per heavy atom. The third-order valence-electron chi connectivity index (χ3n) is 3.97. The number of fused-ring (bicyclic) bond motifs is 3. The molecule has 0 saturated carbocycles. The molecular formula is C19H13F2N3O2S. The van der Waals surface area contributed by atoms with Crippen molar-refractivity contribution in [3.63, 3.8) is 0 Å². The van der Waals surface area contributed by atoms with Crippen LogP contribution in [0.3, 0.4) is 0 Å². The van der Waals surface area contributed by atoms with Crippen molar-refractivity contribution in [1.29, 1.82) is 0 Å². The zero-order valence-electron chi connectivity index (χ0n) is 14.1. The summed E-state index contributed by atoms with van der Waals surface area (Å²) in [4.78, 5) is 20.9. The standard InChI is InChI=1S/C19H13F2N3O2S/c1-10(18(25)24-14-7-6-11(20)8-13(14)21)27-19-17-16(22-9-23-19)12-4-2-3-5-15(12)26-17/h2-10H,1H3,(H,24,25)/t10-/m1/s1. The molecule has 0 aliphatic rings. The summed E-state index contributed by atoms with van der Waals surface area (Å²) < 4.78 is 32.6. The topological polar surface area (TPSA) is 68.0 Å². The Hall–Kier alpha value is -3.00. The summed E-state index contributed by atoms with van der Waals surface area (Å²) in [6, 6.07) is 10.5. The lowest BCUT2D eigenvalue weighted by atomic mass is 10.2. The molecular weight excluding hydrogens is 372 g/mol. The van der Waals surface area contributed by atoms with E-state index in [1.165, 1.54) is 24.2 Å². The van der Waals surface area contributed by atoms with E-state index in [0.717, 1.165) is 17.5 Å². The summed E-state index contributed by atoms with van der Waals surface area (Å²) in [7, 11) is 0. The Morgan fingerprint density at radius 3 is 2.81 bits per heavy atom. The third kappa shape index (κ3) is 3.35. The molecule has 8 heteroatoms. The molecule has 4 rings (SSSR count). The molecule has 0 unspecified atom stereocenters. The Kier molecular flexibility index (Phi) is 4.49. The molecule has 136 valence electrons. The van der Waals surface area contributed by atoms with Gasteiger partial charge >= 0.3 is 0 Å². The van der Waals surface area contributed by atoms with Crippen molar-refractivity contribution in [3.8, 4) is 0 Å². The molecule has 0 bridgehead atoms. The van der Waals surface area contributed by atoms with Crippen molar-refractivity contribution >= 4 is 45.4 Å². The summed E-state index contributed by atoms with van der Waals surface area (Å²) in [6.45, 7) is 1.66. The molecule has 1 atom stereocenters. The average molecular weight is 385 g/mol. The lowest BCUT2D eigenvalue weighted by Gasteiger charge is -2.12. The number of para-hydroxylation sites is 1. The van der Waals surface area contributed by atoms with Gasteiger partial charge in [0.15, 0.2) is 5.58 Å². The van der Waals surface area contributed by atoms with Gasteiger partial charge in [-0.3, -0.25) is 4.79 Å². The van der Waals surface area contributed by atoms with E-state index in [1.807, 2.05) is 24.3 Å². The number of halogens is 2. The number of amides is 1. The van der Waals surface area contributed by atoms with Crippen LogP contribution in [0.15, 0.2) is 58.2 Å². The summed E-state index contributed by atoms with van der Waals surface area (Å²) in [5.41, 5.74) is 1.77. The fourth-order valence-electron chi connectivity index (χ4n) is 2.63. The molecule has 0 spiro atoms. The van der Waals surface area contributed by atoms with Crippen LogP contribution in [-0.2, 0) is 4.79 Å². The van der Waals surface area contributed by atoms with Crippen LogP contribution in [0.1, 0.15) is 6.92 Å². The zero-order chi connectivity index (χ0) is 19.0. The van der Waals surface area contributed by atoms with Gasteiger partial charge in [-0.2, -0.15) is 0 Å². The highest BCUT2D eigenvalue weighted by atomic mass is 32.2. The van der Waals surface area contributed by atoms with Crippen molar-refractivity contribution < 1.29 is 18.0 Å². The largest absolute Gasteiger partial charge is 0.451 e. The molecule has 4 aromatic rings. The van der Waals surface area contributed by atoms with Gasteiger partial charge in [0.1, 0.15) is 34.1 Å². The minimum absolute atomic E-state index is 0.0783. The van der Waals surface area contributed by atoms with Crippen LogP contribution in [0.4, 0.5) is 14.5 Å². The molecule has 0 aliphatic carbocycles. The number of rotatable bonds is 4. The molecule has 2 heterocycles. The Balaban J connectivity index is 1.59. The van der Waals surface area contributed by atoms with E-state index in [4.69, 9.17) is 4.42 Å². The molecule has 2 aromatic carbocycles. The fourth-order valence-corrected chi connectivity index (χ4v) is 3.49. The second-order valence-electron chi connectivity index (χ2n) is 5.83. The van der Waals surface area contributed by atoms with Gasteiger partial charge < -0.3 is 9.73 Å². The number of hydrogen-bond donors (Lipinski definition) is 1. The van der Waals surface area contributed by atoms with Gasteiger partial charge in [0, 0.05) is 11.5 Å². The van der Waals surface area contributed by atoms with Crippen LogP contribution in [0.25, 0.3) is 22.1 Å². The number of aromatic nitrogens is 2. The van der Waals surface area contributed by atoms with Crippen LogP contribution in [0.2, 0.25) is 0 Å². The SMILES string of the molecule is C[C@@H](Sc1ncnc2c1oc1ccccc12)C(=O)Nc1ccc(F)cc1F. The van der Waals surface area contributed by atoms with Crippen LogP contribution >= 0.6 is 11.8 Å². The molecule has 0 radical (unpaired) electrons. The second-order valence-corrected chi connectivity index (χ2v) is 7.16. The average Bonchev–Trinajstić information content (AvgIpc) is 3.04. The van der Waals surface area contributed by atoms with E-state index in [0.29, 0.717) is 21.7 Å². The molecule has 5 nitrogen and oxygen atoms in total. The van der Waals surface area contributed by atoms with Gasteiger partial charge in [-0.05, 0) is 31.2 Å². The number of anilines is 1. The monoisotopic (exact) mass is 385 g/mol. The maximum atomic E-state index is 13.7. The predicted molar refractivity (Wildman–Crippen MR) is 99.6 cm³/mol. The van der Waals surface area contributed by atoms with E-state index >= 15 is 0 Å². The van der Waals surface area contributed by atoms with Crippen molar-refractivity contribution in [2.45, 2.75) is 17.2 Å². The number of hydrogen-bond acceptors (Lipinski definition) is 5. The van der Waals surface area contributed by atoms with Gasteiger partial charge in [-0.15, -0.1) is 0 Å². The minimum Gasteiger partial charge on any atom is -0.451 e. The maximum Gasteiger partial charge on any atom is 0.237 e. The third-order valence-corrected chi connectivity index (χ3v) is 5.05. The normalized spacial score (nSPS) is 12.4. The molecule has 0 fully saturated rings. The van der Waals surface area contributed by atoms with Crippen LogP contribution in [0, 0.1) is 11.6 Å². The van der Waals surface area contributed by atoms with Gasteiger partial charge in [-0.25, -0.2) is 18.7 Å². The predicted octanol–water partition coefficient (Wildman–Crippen LogP) is 4.77. The number of nitrogens with zero attached hydrogens (tertiary/aromatic N) is 2. The number of benzene rings is 2. The van der Waals surface area contributed by atoms with E-state index < -0.39 is 22.8 Å². The summed E-state index contributed by atoms with van der Waals surface area (Å²) in [5.74, 6) is -1.98. The number of thioether (sulfide) groups is 1. The Labute approximate surface area is 156 Å². The molecule has 27 heavy (non-hydrogen) atoms. The van der Waals surface area contributed by atoms with Crippen LogP contribution in [0.5, 0.6) is 0 Å². The smallest absolute Gasteiger partial charge is 0.237 e. The number of nitrogens with one attached hydrogen (secondary N) is 1. The molecule has 1 N–H and O–H groups in total. The first-order valence-electron chi connectivity index (χ1n) is 8.08. The Bertz CT molecular complexity index is 1160. The second kappa shape index (κ2) is 6.96. The van der Waals surface area contributed by atoms with Crippen molar-refractivity contribution in [3.05, 3.63) is 60.4 Å². The van der Waals surface area contributed by atoms with E-state index in [1.54, 1.807) is 6.92 Å². The van der Waals surface area contributed by atoms with Crippen molar-refractivity contribution in [2.75, 3.05) is 5.32 Å². The van der Waals surface area contributed by atoms with Crippen LogP contribution < -0.4 is 5.32 Å². The fraction of sp³-hybridized carbons (Fsp3) is 0.105. The first kappa shape index (κ1) is 17.4. The highest BCUT2D eigenvalue weighted by molar-refractivity contribution is 8.00. The maximum absolute atomic E-state index is 13.7. The highest BCUT2D eigenvalue weighted by Crippen LogP contribution is 2.34. The lowest BCUT2D eigenvalue weighted by molar-refractivity contribution is -0.115. The van der Waals surface area contributed by atoms with Crippen molar-refractivity contribution in [1.82, 2.24) is 9.97 Å². The van der Waals surface area contributed by atoms with Gasteiger partial charge in [-0.1, -0.05) is 23.9 Å². The Morgan fingerprint density at radius 2 is 2.00 bits per heavy atom. The van der Waals surface area contributed by atoms with E-state index in [9.17, 15) is 13.6 Å². The molecule has 1 amide bonds. The lowest BCUT2D eigenvalue weighted by Crippen LogP contribution is -2.23. The summed E-state index contributed by atoms with van der Waals surface area (Å²) >= 11 is 1.17. The molecule has 0 saturated heterocycles. The highest BCUT2D eigenvalue weighted by Gasteiger charge is 2.21. The van der Waals surface area contributed by atoms with E-state index in [2.05, 4.69) is 15.3 Å². The summed E-state index contributed by atoms with van der Waals surface area (Å²) in [6.07, 6.45) is 1.41. The number of carbonyl (C=O) groups excluding carboxylic acids is 1. The first-order valence-corrected chi connectivity index (χ1v) is 8.95. The molecule has 0 aliphatic heterocycles. The minimum atomic E-state index is -0.831. The number of furan rings is 1. The quantitative estimate of drug-likeness (QED) is 0.405. The number of carbonyl (C=O) groups is 1. The molecule has 2 aromatic heterocycles. The van der Waals surface area contributed by atoms with E-state index in [-0.39, 0.29) is 5.69 Å². The van der Waals surface area contributed by atoms with Gasteiger partial charge in [0.05, 0.1) is 10.9 Å². The zero-order valence-corrected chi connectivity index (χ0v) is 14.9. The van der Waals surface area contributed by atoms with Crippen molar-refractivity contribution in [2.24, 2.45) is 0 Å². The first-order chi connectivity index (χ1) is 13.0. The van der Waals surface area contributed by atoms with Gasteiger partial charge in [0.25, 0.3) is 0 Å².